The topological polar surface area (TPSA) is 130 Å². The van der Waals surface area contributed by atoms with E-state index in [1.54, 1.807) is 65.7 Å². The Bertz CT molecular complexity index is 2210. The first-order chi connectivity index (χ1) is 25.2. The zero-order chi connectivity index (χ0) is 36.0. The minimum absolute atomic E-state index is 0.226. The number of benzene rings is 3. The summed E-state index contributed by atoms with van der Waals surface area (Å²) in [6.45, 7) is 5.42. The third kappa shape index (κ3) is 6.39. The number of para-hydroxylation sites is 2. The average molecular weight is 717 g/mol. The molecule has 5 heterocycles. The predicted molar refractivity (Wildman–Crippen MR) is 202 cm³/mol. The number of hydrogen-bond acceptors (Lipinski definition) is 8. The van der Waals surface area contributed by atoms with E-state index in [0.717, 1.165) is 55.1 Å². The Kier molecular flexibility index (Phi) is 8.72. The van der Waals surface area contributed by atoms with Gasteiger partial charge in [0, 0.05) is 66.2 Å². The summed E-state index contributed by atoms with van der Waals surface area (Å²) >= 11 is 1.29. The number of rotatable bonds is 6. The molecular formula is C40H37FN6O4S. The van der Waals surface area contributed by atoms with E-state index in [1.807, 2.05) is 19.1 Å². The second kappa shape index (κ2) is 13.5. The summed E-state index contributed by atoms with van der Waals surface area (Å²) in [6.07, 6.45) is 4.27. The van der Waals surface area contributed by atoms with Crippen molar-refractivity contribution in [2.24, 2.45) is 5.41 Å². The third-order valence-electron chi connectivity index (χ3n) is 10.1. The van der Waals surface area contributed by atoms with Crippen LogP contribution in [0.4, 0.5) is 33.0 Å². The summed E-state index contributed by atoms with van der Waals surface area (Å²) in [4.78, 5) is 50.5. The molecule has 0 saturated carbocycles. The van der Waals surface area contributed by atoms with Crippen molar-refractivity contribution in [1.29, 1.82) is 0 Å². The van der Waals surface area contributed by atoms with Crippen LogP contribution in [0, 0.1) is 18.2 Å². The summed E-state index contributed by atoms with van der Waals surface area (Å²) < 4.78 is 20.3. The van der Waals surface area contributed by atoms with Crippen LogP contribution in [0.5, 0.6) is 0 Å². The number of nitrogens with zero attached hydrogens (tertiary/aromatic N) is 3. The molecule has 0 aliphatic carbocycles. The number of nitrogens with one attached hydrogen (secondary N) is 2. The normalized spacial score (nSPS) is 16.0. The monoisotopic (exact) mass is 716 g/mol. The van der Waals surface area contributed by atoms with Crippen LogP contribution < -0.4 is 26.2 Å². The van der Waals surface area contributed by atoms with E-state index in [4.69, 9.17) is 10.5 Å². The molecule has 3 aliphatic heterocycles. The number of thiophene rings is 1. The van der Waals surface area contributed by atoms with E-state index in [9.17, 15) is 18.8 Å². The second-order valence-electron chi connectivity index (χ2n) is 13.8. The van der Waals surface area contributed by atoms with E-state index in [0.29, 0.717) is 56.6 Å². The van der Waals surface area contributed by atoms with Gasteiger partial charge >= 0.3 is 0 Å². The smallest absolute Gasteiger partial charge is 0.265 e. The Labute approximate surface area is 304 Å². The molecule has 2 fully saturated rings. The molecule has 4 N–H and O–H groups in total. The Hall–Kier alpha value is -5.59. The van der Waals surface area contributed by atoms with Crippen molar-refractivity contribution in [3.8, 4) is 10.4 Å². The van der Waals surface area contributed by atoms with Gasteiger partial charge in [0.1, 0.15) is 11.6 Å². The first-order valence-corrected chi connectivity index (χ1v) is 18.1. The molecule has 2 aromatic heterocycles. The number of aromatic nitrogens is 1. The van der Waals surface area contributed by atoms with Crippen molar-refractivity contribution in [3.05, 3.63) is 118 Å². The Balaban J connectivity index is 0.989. The lowest BCUT2D eigenvalue weighted by Crippen LogP contribution is -2.59. The summed E-state index contributed by atoms with van der Waals surface area (Å²) in [5.74, 6) is -0.679. The molecule has 0 radical (unpaired) electrons. The van der Waals surface area contributed by atoms with E-state index in [2.05, 4.69) is 20.5 Å². The second-order valence-corrected chi connectivity index (χ2v) is 14.8. The molecular weight excluding hydrogens is 680 g/mol. The highest BCUT2D eigenvalue weighted by molar-refractivity contribution is 7.17. The number of ether oxygens (including phenoxy) is 1. The van der Waals surface area contributed by atoms with Gasteiger partial charge in [-0.2, -0.15) is 0 Å². The van der Waals surface area contributed by atoms with Gasteiger partial charge in [-0.05, 0) is 104 Å². The fourth-order valence-corrected chi connectivity index (χ4v) is 8.44. The lowest BCUT2D eigenvalue weighted by atomic mass is 9.73. The Morgan fingerprint density at radius 2 is 1.71 bits per heavy atom. The van der Waals surface area contributed by atoms with Crippen LogP contribution in [0.15, 0.2) is 85.1 Å². The minimum Gasteiger partial charge on any atom is -0.397 e. The van der Waals surface area contributed by atoms with Crippen LogP contribution in [0.25, 0.3) is 10.4 Å². The zero-order valence-electron chi connectivity index (χ0n) is 28.6. The number of carbonyl (C=O) groups excluding carboxylic acids is 3. The lowest BCUT2D eigenvalue weighted by molar-refractivity contribution is -0.000511. The fourth-order valence-electron chi connectivity index (χ4n) is 7.30. The summed E-state index contributed by atoms with van der Waals surface area (Å²) in [7, 11) is 0. The number of nitrogen functional groups attached to an aromatic ring is 1. The van der Waals surface area contributed by atoms with Crippen molar-refractivity contribution in [2.45, 2.75) is 26.2 Å². The van der Waals surface area contributed by atoms with Gasteiger partial charge in [0.25, 0.3) is 17.7 Å². The van der Waals surface area contributed by atoms with Gasteiger partial charge in [-0.3, -0.25) is 14.4 Å². The van der Waals surface area contributed by atoms with Crippen molar-refractivity contribution in [1.82, 2.24) is 4.98 Å². The minimum atomic E-state index is -0.474. The van der Waals surface area contributed by atoms with Crippen molar-refractivity contribution in [3.63, 3.8) is 0 Å². The standard InChI is InChI=1S/C40H37FN6O4S/c1-24-18-30(36(43-21-24)46-22-40(23-46)13-16-51-17-14-40)37(48)44-28-9-6-25(7-10-28)39(50)47-15-12-26-19-34(38(49)45-32-5-3-2-4-31(32)42)52-35(26)29-11-8-27(41)20-33(29)47/h2-11,18-21H,12-17,22-23,42H2,1H3,(H,44,48)(H,45,49). The first-order valence-electron chi connectivity index (χ1n) is 17.3. The highest BCUT2D eigenvalue weighted by atomic mass is 32.1. The number of halogens is 1. The van der Waals surface area contributed by atoms with Crippen LogP contribution in [0.1, 0.15) is 54.4 Å². The molecule has 264 valence electrons. The van der Waals surface area contributed by atoms with E-state index < -0.39 is 5.82 Å². The highest BCUT2D eigenvalue weighted by Gasteiger charge is 2.45. The number of fused-ring (bicyclic) bond motifs is 3. The maximum absolute atomic E-state index is 14.7. The number of carbonyl (C=O) groups is 3. The molecule has 0 atom stereocenters. The Morgan fingerprint density at radius 1 is 0.942 bits per heavy atom. The SMILES string of the molecule is Cc1cnc(N2CC3(CCOCC3)C2)c(C(=O)Nc2ccc(C(=O)N3CCc4cc(C(=O)Nc5ccccc5N)sc4-c4ccc(F)cc43)cc2)c1. The summed E-state index contributed by atoms with van der Waals surface area (Å²) in [5.41, 5.74) is 11.5. The summed E-state index contributed by atoms with van der Waals surface area (Å²) in [6, 6.07) is 21.8. The number of aryl methyl sites for hydroxylation is 1. The number of hydrogen-bond donors (Lipinski definition) is 3. The molecule has 52 heavy (non-hydrogen) atoms. The zero-order valence-corrected chi connectivity index (χ0v) is 29.4. The van der Waals surface area contributed by atoms with E-state index >= 15 is 0 Å². The summed E-state index contributed by atoms with van der Waals surface area (Å²) in [5, 5.41) is 5.85. The van der Waals surface area contributed by atoms with Gasteiger partial charge in [-0.25, -0.2) is 9.37 Å². The largest absolute Gasteiger partial charge is 0.397 e. The maximum atomic E-state index is 14.7. The molecule has 1 spiro atoms. The van der Waals surface area contributed by atoms with Gasteiger partial charge in [0.15, 0.2) is 0 Å². The average Bonchev–Trinajstić information content (AvgIpc) is 3.50. The number of pyridine rings is 1. The van der Waals surface area contributed by atoms with Gasteiger partial charge in [0.05, 0.1) is 27.5 Å². The molecule has 0 bridgehead atoms. The van der Waals surface area contributed by atoms with Crippen LogP contribution in [0.3, 0.4) is 0 Å². The third-order valence-corrected chi connectivity index (χ3v) is 11.3. The number of anilines is 5. The molecule has 0 unspecified atom stereocenters. The van der Waals surface area contributed by atoms with Crippen molar-refractivity contribution in [2.75, 3.05) is 59.0 Å². The van der Waals surface area contributed by atoms with E-state index in [1.165, 1.54) is 23.5 Å². The van der Waals surface area contributed by atoms with Crippen LogP contribution in [-0.2, 0) is 11.2 Å². The predicted octanol–water partition coefficient (Wildman–Crippen LogP) is 7.16. The quantitative estimate of drug-likeness (QED) is 0.159. The van der Waals surface area contributed by atoms with Gasteiger partial charge in [-0.15, -0.1) is 11.3 Å². The van der Waals surface area contributed by atoms with Crippen LogP contribution in [0.2, 0.25) is 0 Å². The molecule has 3 aromatic carbocycles. The van der Waals surface area contributed by atoms with Gasteiger partial charge in [0.2, 0.25) is 0 Å². The van der Waals surface area contributed by atoms with Crippen molar-refractivity contribution >= 4 is 57.6 Å². The highest BCUT2D eigenvalue weighted by Crippen LogP contribution is 2.44. The maximum Gasteiger partial charge on any atom is 0.265 e. The molecule has 3 amide bonds. The molecule has 12 heteroatoms. The van der Waals surface area contributed by atoms with Gasteiger partial charge in [-0.1, -0.05) is 12.1 Å². The lowest BCUT2D eigenvalue weighted by Gasteiger charge is -2.53. The first kappa shape index (κ1) is 33.5. The molecule has 5 aromatic rings. The molecule has 3 aliphatic rings. The molecule has 8 rings (SSSR count). The number of amides is 3. The molecule has 10 nitrogen and oxygen atoms in total. The van der Waals surface area contributed by atoms with E-state index in [-0.39, 0.29) is 29.7 Å². The van der Waals surface area contributed by atoms with Gasteiger partial charge < -0.3 is 30.9 Å². The fraction of sp³-hybridized carbons (Fsp3) is 0.250. The number of nitrogens with two attached hydrogens (primary N) is 1. The Morgan fingerprint density at radius 3 is 2.48 bits per heavy atom. The van der Waals surface area contributed by atoms with Crippen LogP contribution >= 0.6 is 11.3 Å². The molecule has 2 saturated heterocycles. The van der Waals surface area contributed by atoms with Crippen molar-refractivity contribution < 1.29 is 23.5 Å². The van der Waals surface area contributed by atoms with Crippen LogP contribution in [-0.4, -0.2) is 55.6 Å².